The van der Waals surface area contributed by atoms with E-state index < -0.39 is 11.8 Å². The Morgan fingerprint density at radius 1 is 0.897 bits per heavy atom. The van der Waals surface area contributed by atoms with Crippen LogP contribution in [0, 0.1) is 0 Å². The van der Waals surface area contributed by atoms with E-state index in [1.165, 1.54) is 0 Å². The molecule has 0 aliphatic carbocycles. The van der Waals surface area contributed by atoms with Gasteiger partial charge in [-0.25, -0.2) is 0 Å². The van der Waals surface area contributed by atoms with Gasteiger partial charge >= 0.3 is 0 Å². The molecule has 0 heterocycles. The average molecular weight is 453 g/mol. The van der Waals surface area contributed by atoms with E-state index in [4.69, 9.17) is 4.74 Å². The Morgan fingerprint density at radius 3 is 2.03 bits per heavy atom. The van der Waals surface area contributed by atoms with Crippen LogP contribution in [0.2, 0.25) is 0 Å². The highest BCUT2D eigenvalue weighted by molar-refractivity contribution is 9.10. The lowest BCUT2D eigenvalue weighted by atomic mass is 9.91. The molecule has 0 radical (unpaired) electrons. The van der Waals surface area contributed by atoms with Crippen LogP contribution in [-0.4, -0.2) is 18.4 Å². The minimum atomic E-state index is -0.549. The summed E-state index contributed by atoms with van der Waals surface area (Å²) in [5.74, 6) is -0.886. The molecule has 5 nitrogen and oxygen atoms in total. The molecule has 2 amide bonds. The van der Waals surface area contributed by atoms with E-state index >= 15 is 0 Å². The molecule has 3 rings (SSSR count). The number of carbonyl (C=O) groups excluding carboxylic acids is 2. The van der Waals surface area contributed by atoms with Gasteiger partial charge in [-0.2, -0.15) is 0 Å². The van der Waals surface area contributed by atoms with Crippen molar-refractivity contribution in [2.45, 2.75) is 12.8 Å². The van der Waals surface area contributed by atoms with Gasteiger partial charge in [-0.3, -0.25) is 20.4 Å². The summed E-state index contributed by atoms with van der Waals surface area (Å²) in [5.41, 5.74) is 7.07. The minimum Gasteiger partial charge on any atom is -0.493 e. The van der Waals surface area contributed by atoms with Crippen LogP contribution in [0.15, 0.2) is 83.3 Å². The van der Waals surface area contributed by atoms with Crippen LogP contribution in [0.1, 0.15) is 34.3 Å². The van der Waals surface area contributed by atoms with Gasteiger partial charge in [-0.15, -0.1) is 0 Å². The fourth-order valence-electron chi connectivity index (χ4n) is 3.01. The second-order valence-corrected chi connectivity index (χ2v) is 7.19. The molecular formula is C23H21BrN2O3. The minimum absolute atomic E-state index is 0.330. The summed E-state index contributed by atoms with van der Waals surface area (Å²) in [4.78, 5) is 25.7. The third kappa shape index (κ3) is 5.23. The number of hydrogen-bond acceptors (Lipinski definition) is 3. The van der Waals surface area contributed by atoms with Crippen molar-refractivity contribution in [3.8, 4) is 5.75 Å². The molecule has 0 aliphatic rings. The van der Waals surface area contributed by atoms with E-state index in [9.17, 15) is 9.59 Å². The number of nitrogens with one attached hydrogen (secondary N) is 2. The van der Waals surface area contributed by atoms with Gasteiger partial charge in [-0.05, 0) is 36.2 Å². The lowest BCUT2D eigenvalue weighted by Crippen LogP contribution is -2.44. The molecule has 6 heteroatoms. The largest absolute Gasteiger partial charge is 0.493 e. The second kappa shape index (κ2) is 9.89. The number of hydrogen-bond donors (Lipinski definition) is 2. The van der Waals surface area contributed by atoms with Crippen LogP contribution in [-0.2, 0) is 4.79 Å². The first-order valence-corrected chi connectivity index (χ1v) is 10.0. The standard InChI is InChI=1S/C23H21BrN2O3/c1-2-29-20-14-13-18(24)15-19(20)22(27)25-26-23(28)21(16-9-5-3-6-10-16)17-11-7-4-8-12-17/h3-15,21H,2H2,1H3,(H,25,27)(H,26,28). The maximum Gasteiger partial charge on any atom is 0.273 e. The number of benzene rings is 3. The zero-order valence-corrected chi connectivity index (χ0v) is 17.5. The van der Waals surface area contributed by atoms with Crippen molar-refractivity contribution in [2.75, 3.05) is 6.61 Å². The molecule has 0 aliphatic heterocycles. The number of hydrazine groups is 1. The van der Waals surface area contributed by atoms with E-state index in [0.717, 1.165) is 15.6 Å². The SMILES string of the molecule is CCOc1ccc(Br)cc1C(=O)NNC(=O)C(c1ccccc1)c1ccccc1. The van der Waals surface area contributed by atoms with Gasteiger partial charge in [0.05, 0.1) is 18.1 Å². The molecule has 0 fully saturated rings. The third-order valence-corrected chi connectivity index (χ3v) is 4.81. The smallest absolute Gasteiger partial charge is 0.273 e. The summed E-state index contributed by atoms with van der Waals surface area (Å²) in [7, 11) is 0. The number of rotatable bonds is 6. The van der Waals surface area contributed by atoms with E-state index in [1.807, 2.05) is 67.6 Å². The Morgan fingerprint density at radius 2 is 1.48 bits per heavy atom. The highest BCUT2D eigenvalue weighted by Crippen LogP contribution is 2.25. The van der Waals surface area contributed by atoms with Crippen LogP contribution in [0.5, 0.6) is 5.75 Å². The topological polar surface area (TPSA) is 67.4 Å². The molecule has 0 unspecified atom stereocenters. The Hall–Kier alpha value is -3.12. The van der Waals surface area contributed by atoms with Gasteiger partial charge < -0.3 is 4.74 Å². The quantitative estimate of drug-likeness (QED) is 0.543. The first kappa shape index (κ1) is 20.6. The number of ether oxygens (including phenoxy) is 1. The van der Waals surface area contributed by atoms with Crippen molar-refractivity contribution in [2.24, 2.45) is 0 Å². The summed E-state index contributed by atoms with van der Waals surface area (Å²) < 4.78 is 6.25. The summed E-state index contributed by atoms with van der Waals surface area (Å²) >= 11 is 3.36. The van der Waals surface area contributed by atoms with Crippen molar-refractivity contribution in [1.29, 1.82) is 0 Å². The van der Waals surface area contributed by atoms with Gasteiger partial charge in [0.2, 0.25) is 5.91 Å². The van der Waals surface area contributed by atoms with E-state index in [2.05, 4.69) is 26.8 Å². The van der Waals surface area contributed by atoms with Crippen LogP contribution in [0.4, 0.5) is 0 Å². The Bertz CT molecular complexity index is 938. The molecule has 0 saturated carbocycles. The zero-order chi connectivity index (χ0) is 20.6. The third-order valence-electron chi connectivity index (χ3n) is 4.31. The highest BCUT2D eigenvalue weighted by atomic mass is 79.9. The van der Waals surface area contributed by atoms with Crippen molar-refractivity contribution in [1.82, 2.24) is 10.9 Å². The van der Waals surface area contributed by atoms with Gasteiger partial charge in [0.25, 0.3) is 5.91 Å². The lowest BCUT2D eigenvalue weighted by molar-refractivity contribution is -0.122. The van der Waals surface area contributed by atoms with Gasteiger partial charge in [0.1, 0.15) is 5.75 Å². The monoisotopic (exact) mass is 452 g/mol. The van der Waals surface area contributed by atoms with Gasteiger partial charge in [0, 0.05) is 4.47 Å². The fourth-order valence-corrected chi connectivity index (χ4v) is 3.37. The maximum atomic E-state index is 13.0. The molecule has 0 atom stereocenters. The molecule has 148 valence electrons. The normalized spacial score (nSPS) is 10.4. The summed E-state index contributed by atoms with van der Waals surface area (Å²) in [6.45, 7) is 2.27. The molecule has 0 saturated heterocycles. The molecule has 29 heavy (non-hydrogen) atoms. The predicted molar refractivity (Wildman–Crippen MR) is 116 cm³/mol. The lowest BCUT2D eigenvalue weighted by Gasteiger charge is -2.18. The second-order valence-electron chi connectivity index (χ2n) is 6.27. The molecule has 3 aromatic rings. The predicted octanol–water partition coefficient (Wildman–Crippen LogP) is 4.44. The van der Waals surface area contributed by atoms with Crippen molar-refractivity contribution < 1.29 is 14.3 Å². The van der Waals surface area contributed by atoms with E-state index in [1.54, 1.807) is 18.2 Å². The molecular weight excluding hydrogens is 432 g/mol. The molecule has 0 aromatic heterocycles. The molecule has 0 bridgehead atoms. The summed E-state index contributed by atoms with van der Waals surface area (Å²) in [5, 5.41) is 0. The Kier molecular flexibility index (Phi) is 7.03. The number of carbonyl (C=O) groups is 2. The fraction of sp³-hybridized carbons (Fsp3) is 0.130. The van der Waals surface area contributed by atoms with Crippen LogP contribution in [0.25, 0.3) is 0 Å². The van der Waals surface area contributed by atoms with Crippen molar-refractivity contribution in [3.05, 3.63) is 100 Å². The van der Waals surface area contributed by atoms with Crippen molar-refractivity contribution >= 4 is 27.7 Å². The van der Waals surface area contributed by atoms with E-state index in [0.29, 0.717) is 17.9 Å². The first-order valence-electron chi connectivity index (χ1n) is 9.22. The number of amides is 2. The van der Waals surface area contributed by atoms with Gasteiger partial charge in [-0.1, -0.05) is 76.6 Å². The zero-order valence-electron chi connectivity index (χ0n) is 15.9. The molecule has 3 aromatic carbocycles. The number of halogens is 1. The van der Waals surface area contributed by atoms with Gasteiger partial charge in [0.15, 0.2) is 0 Å². The summed E-state index contributed by atoms with van der Waals surface area (Å²) in [6.07, 6.45) is 0. The molecule has 0 spiro atoms. The Balaban J connectivity index is 1.79. The summed E-state index contributed by atoms with van der Waals surface area (Å²) in [6, 6.07) is 24.0. The van der Waals surface area contributed by atoms with Crippen LogP contribution < -0.4 is 15.6 Å². The maximum absolute atomic E-state index is 13.0. The molecule has 2 N–H and O–H groups in total. The Labute approximate surface area is 178 Å². The average Bonchev–Trinajstić information content (AvgIpc) is 2.75. The van der Waals surface area contributed by atoms with E-state index in [-0.39, 0.29) is 5.91 Å². The van der Waals surface area contributed by atoms with Crippen LogP contribution in [0.3, 0.4) is 0 Å². The van der Waals surface area contributed by atoms with Crippen LogP contribution >= 0.6 is 15.9 Å². The highest BCUT2D eigenvalue weighted by Gasteiger charge is 2.23. The van der Waals surface area contributed by atoms with Crippen molar-refractivity contribution in [3.63, 3.8) is 0 Å². The first-order chi connectivity index (χ1) is 14.1.